The third-order valence-electron chi connectivity index (χ3n) is 4.33. The van der Waals surface area contributed by atoms with Crippen molar-refractivity contribution in [3.05, 3.63) is 65.7 Å². The first-order valence-corrected chi connectivity index (χ1v) is 8.09. The molecule has 0 unspecified atom stereocenters. The molecule has 0 aliphatic heterocycles. The Morgan fingerprint density at radius 3 is 2.00 bits per heavy atom. The average molecular weight is 344 g/mol. The van der Waals surface area contributed by atoms with Gasteiger partial charge in [0.2, 0.25) is 11.8 Å². The average Bonchev–Trinajstić information content (AvgIpc) is 3.41. The van der Waals surface area contributed by atoms with Crippen molar-refractivity contribution < 1.29 is 18.4 Å². The van der Waals surface area contributed by atoms with Crippen LogP contribution >= 0.6 is 0 Å². The summed E-state index contributed by atoms with van der Waals surface area (Å²) < 4.78 is 25.8. The van der Waals surface area contributed by atoms with Crippen LogP contribution in [0.5, 0.6) is 0 Å². The van der Waals surface area contributed by atoms with E-state index in [0.29, 0.717) is 31.5 Å². The smallest absolute Gasteiger partial charge is 0.240 e. The third kappa shape index (κ3) is 4.02. The number of hydrogen-bond acceptors (Lipinski definition) is 2. The molecule has 130 valence electrons. The predicted molar refractivity (Wildman–Crippen MR) is 89.8 cm³/mol. The molecule has 1 fully saturated rings. The van der Waals surface area contributed by atoms with Crippen LogP contribution in [0.15, 0.2) is 48.5 Å². The summed E-state index contributed by atoms with van der Waals surface area (Å²) in [5, 5.41) is 5.43. The van der Waals surface area contributed by atoms with Gasteiger partial charge in [0.15, 0.2) is 0 Å². The Balaban J connectivity index is 1.52. The highest BCUT2D eigenvalue weighted by molar-refractivity contribution is 6.13. The Bertz CT molecular complexity index is 769. The topological polar surface area (TPSA) is 58.2 Å². The van der Waals surface area contributed by atoms with Gasteiger partial charge in [0.1, 0.15) is 17.0 Å². The van der Waals surface area contributed by atoms with Gasteiger partial charge in [-0.25, -0.2) is 8.78 Å². The standard InChI is InChI=1S/C19H18F2N2O2/c20-14-3-1-13(2-4-14)9-12-22-17(24)19(10-11-19)18(25)23-16-7-5-15(21)6-8-16/h1-8H,9-12H2,(H,22,24)(H,23,25). The number of carbonyl (C=O) groups excluding carboxylic acids is 2. The fraction of sp³-hybridized carbons (Fsp3) is 0.263. The van der Waals surface area contributed by atoms with Crippen LogP contribution in [0.25, 0.3) is 0 Å². The molecular formula is C19H18F2N2O2. The number of anilines is 1. The molecule has 2 aromatic rings. The summed E-state index contributed by atoms with van der Waals surface area (Å²) in [5.41, 5.74) is 0.316. The summed E-state index contributed by atoms with van der Waals surface area (Å²) in [7, 11) is 0. The second kappa shape index (κ2) is 7.01. The first kappa shape index (κ1) is 17.1. The zero-order chi connectivity index (χ0) is 17.9. The fourth-order valence-electron chi connectivity index (χ4n) is 2.61. The highest BCUT2D eigenvalue weighted by Gasteiger charge is 2.56. The van der Waals surface area contributed by atoms with Gasteiger partial charge in [-0.15, -0.1) is 0 Å². The lowest BCUT2D eigenvalue weighted by molar-refractivity contribution is -0.134. The van der Waals surface area contributed by atoms with Crippen molar-refractivity contribution in [3.63, 3.8) is 0 Å². The van der Waals surface area contributed by atoms with Gasteiger partial charge in [-0.3, -0.25) is 9.59 Å². The maximum Gasteiger partial charge on any atom is 0.240 e. The lowest BCUT2D eigenvalue weighted by atomic mass is 10.0. The number of halogens is 2. The number of amides is 2. The molecule has 0 aromatic heterocycles. The number of benzene rings is 2. The van der Waals surface area contributed by atoms with Crippen molar-refractivity contribution >= 4 is 17.5 Å². The van der Waals surface area contributed by atoms with Crippen LogP contribution in [0.1, 0.15) is 18.4 Å². The normalized spacial score (nSPS) is 14.6. The van der Waals surface area contributed by atoms with E-state index in [1.807, 2.05) is 0 Å². The van der Waals surface area contributed by atoms with Crippen molar-refractivity contribution in [2.75, 3.05) is 11.9 Å². The maximum atomic E-state index is 12.9. The van der Waals surface area contributed by atoms with E-state index in [2.05, 4.69) is 10.6 Å². The molecule has 0 saturated heterocycles. The van der Waals surface area contributed by atoms with Gasteiger partial charge in [-0.2, -0.15) is 0 Å². The zero-order valence-electron chi connectivity index (χ0n) is 13.5. The van der Waals surface area contributed by atoms with Crippen LogP contribution in [-0.4, -0.2) is 18.4 Å². The van der Waals surface area contributed by atoms with Crippen molar-refractivity contribution in [2.24, 2.45) is 5.41 Å². The molecule has 25 heavy (non-hydrogen) atoms. The molecule has 3 rings (SSSR count). The van der Waals surface area contributed by atoms with Crippen LogP contribution < -0.4 is 10.6 Å². The van der Waals surface area contributed by atoms with E-state index >= 15 is 0 Å². The van der Waals surface area contributed by atoms with Crippen molar-refractivity contribution in [1.29, 1.82) is 0 Å². The van der Waals surface area contributed by atoms with E-state index < -0.39 is 11.2 Å². The Morgan fingerprint density at radius 2 is 1.44 bits per heavy atom. The minimum Gasteiger partial charge on any atom is -0.355 e. The van der Waals surface area contributed by atoms with Crippen LogP contribution in [-0.2, 0) is 16.0 Å². The molecule has 2 amide bonds. The van der Waals surface area contributed by atoms with E-state index in [1.165, 1.54) is 36.4 Å². The summed E-state index contributed by atoms with van der Waals surface area (Å²) in [6.07, 6.45) is 1.53. The van der Waals surface area contributed by atoms with Gasteiger partial charge in [0, 0.05) is 12.2 Å². The molecule has 0 bridgehead atoms. The molecule has 0 spiro atoms. The molecule has 1 aliphatic carbocycles. The second-order valence-electron chi connectivity index (χ2n) is 6.18. The quantitative estimate of drug-likeness (QED) is 0.792. The molecule has 4 nitrogen and oxygen atoms in total. The maximum absolute atomic E-state index is 12.9. The van der Waals surface area contributed by atoms with E-state index in [-0.39, 0.29) is 17.6 Å². The van der Waals surface area contributed by atoms with Crippen molar-refractivity contribution in [1.82, 2.24) is 5.32 Å². The van der Waals surface area contributed by atoms with E-state index in [1.54, 1.807) is 12.1 Å². The molecule has 0 atom stereocenters. The Hall–Kier alpha value is -2.76. The predicted octanol–water partition coefficient (Wildman–Crippen LogP) is 3.04. The van der Waals surface area contributed by atoms with E-state index in [4.69, 9.17) is 0 Å². The Labute approximate surface area is 144 Å². The molecule has 1 saturated carbocycles. The lowest BCUT2D eigenvalue weighted by Crippen LogP contribution is -2.40. The molecule has 2 aromatic carbocycles. The van der Waals surface area contributed by atoms with Crippen molar-refractivity contribution in [2.45, 2.75) is 19.3 Å². The summed E-state index contributed by atoms with van der Waals surface area (Å²) >= 11 is 0. The number of nitrogens with one attached hydrogen (secondary N) is 2. The highest BCUT2D eigenvalue weighted by atomic mass is 19.1. The molecule has 0 radical (unpaired) electrons. The molecule has 0 heterocycles. The molecule has 2 N–H and O–H groups in total. The zero-order valence-corrected chi connectivity index (χ0v) is 13.5. The summed E-state index contributed by atoms with van der Waals surface area (Å²) in [4.78, 5) is 24.8. The van der Waals surface area contributed by atoms with Crippen LogP contribution in [0, 0.1) is 17.0 Å². The molecular weight excluding hydrogens is 326 g/mol. The van der Waals surface area contributed by atoms with Crippen molar-refractivity contribution in [3.8, 4) is 0 Å². The van der Waals surface area contributed by atoms with Crippen LogP contribution in [0.2, 0.25) is 0 Å². The number of carbonyl (C=O) groups is 2. The van der Waals surface area contributed by atoms with Crippen LogP contribution in [0.4, 0.5) is 14.5 Å². The first-order valence-electron chi connectivity index (χ1n) is 8.09. The summed E-state index contributed by atoms with van der Waals surface area (Å²) in [6.45, 7) is 0.371. The van der Waals surface area contributed by atoms with Gasteiger partial charge in [0.25, 0.3) is 0 Å². The van der Waals surface area contributed by atoms with E-state index in [0.717, 1.165) is 5.56 Å². The lowest BCUT2D eigenvalue weighted by Gasteiger charge is -2.15. The highest BCUT2D eigenvalue weighted by Crippen LogP contribution is 2.46. The van der Waals surface area contributed by atoms with Gasteiger partial charge in [-0.1, -0.05) is 12.1 Å². The number of rotatable bonds is 6. The molecule has 1 aliphatic rings. The third-order valence-corrected chi connectivity index (χ3v) is 4.33. The largest absolute Gasteiger partial charge is 0.355 e. The SMILES string of the molecule is O=C(NCCc1ccc(F)cc1)C1(C(=O)Nc2ccc(F)cc2)CC1. The first-order chi connectivity index (χ1) is 12.0. The summed E-state index contributed by atoms with van der Waals surface area (Å²) in [6, 6.07) is 11.5. The summed E-state index contributed by atoms with van der Waals surface area (Å²) in [5.74, 6) is -1.38. The van der Waals surface area contributed by atoms with Gasteiger partial charge in [-0.05, 0) is 61.2 Å². The molecule has 6 heteroatoms. The Kier molecular flexibility index (Phi) is 4.79. The minimum absolute atomic E-state index is 0.304. The van der Waals surface area contributed by atoms with Gasteiger partial charge >= 0.3 is 0 Å². The minimum atomic E-state index is -1.04. The number of hydrogen-bond donors (Lipinski definition) is 2. The Morgan fingerprint density at radius 1 is 0.880 bits per heavy atom. The van der Waals surface area contributed by atoms with Gasteiger partial charge < -0.3 is 10.6 Å². The monoisotopic (exact) mass is 344 g/mol. The van der Waals surface area contributed by atoms with E-state index in [9.17, 15) is 18.4 Å². The van der Waals surface area contributed by atoms with Crippen LogP contribution in [0.3, 0.4) is 0 Å². The van der Waals surface area contributed by atoms with Gasteiger partial charge in [0.05, 0.1) is 0 Å². The second-order valence-corrected chi connectivity index (χ2v) is 6.18. The fourth-order valence-corrected chi connectivity index (χ4v) is 2.61.